The van der Waals surface area contributed by atoms with Gasteiger partial charge in [0.05, 0.1) is 38.1 Å². The highest BCUT2D eigenvalue weighted by atomic mass is 16.2. The summed E-state index contributed by atoms with van der Waals surface area (Å²) in [6.07, 6.45) is 13.6. The second-order valence-electron chi connectivity index (χ2n) is 21.3. The van der Waals surface area contributed by atoms with Crippen molar-refractivity contribution in [3.05, 3.63) is 0 Å². The predicted octanol–water partition coefficient (Wildman–Crippen LogP) is -5.23. The van der Waals surface area contributed by atoms with Gasteiger partial charge in [0.15, 0.2) is 0 Å². The molecule has 486 valence electrons. The normalized spacial score (nSPS) is 12.7. The Kier molecular flexibility index (Phi) is 65.0. The summed E-state index contributed by atoms with van der Waals surface area (Å²) in [5, 5.41) is 28.4. The van der Waals surface area contributed by atoms with Crippen molar-refractivity contribution in [1.82, 2.24) is 77.3 Å². The van der Waals surface area contributed by atoms with Crippen molar-refractivity contribution in [3.63, 3.8) is 0 Å². The van der Waals surface area contributed by atoms with E-state index in [4.69, 9.17) is 51.6 Å². The molecule has 0 aliphatic rings. The first-order valence-corrected chi connectivity index (χ1v) is 30.7. The maximum absolute atomic E-state index is 13.1. The van der Waals surface area contributed by atoms with Crippen molar-refractivity contribution in [1.29, 1.82) is 0 Å². The third kappa shape index (κ3) is 56.5. The van der Waals surface area contributed by atoms with Gasteiger partial charge in [0.25, 0.3) is 0 Å². The SMILES string of the molecule is CN(C)CNCNC(=O)C(CCCN(CCCN)CCCN)N(CCCN)CCCN.CN(C)CNCNC(=O)C(CCCN(CCCN)CCCN)NCCCN.CN(C)CNCNC(=O)C(CCCNCCCN)NCCCN. The van der Waals surface area contributed by atoms with Crippen molar-refractivity contribution in [2.75, 3.05) is 220 Å². The Morgan fingerprint density at radius 3 is 0.988 bits per heavy atom. The minimum Gasteiger partial charge on any atom is -0.342 e. The fraction of sp³-hybridized carbons (Fsp3) is 0.944. The third-order valence-electron chi connectivity index (χ3n) is 12.7. The van der Waals surface area contributed by atoms with E-state index in [0.717, 1.165) is 188 Å². The predicted molar refractivity (Wildman–Crippen MR) is 340 cm³/mol. The Bertz CT molecular complexity index is 1310. The molecule has 0 radical (unpaired) electrons. The van der Waals surface area contributed by atoms with E-state index in [1.807, 2.05) is 57.0 Å². The van der Waals surface area contributed by atoms with Crippen LogP contribution in [0.15, 0.2) is 0 Å². The molecule has 3 unspecified atom stereocenters. The van der Waals surface area contributed by atoms with E-state index in [-0.39, 0.29) is 35.8 Å². The average Bonchev–Trinajstić information content (AvgIpc) is 3.45. The summed E-state index contributed by atoms with van der Waals surface area (Å²) >= 11 is 0. The molecule has 0 saturated heterocycles. The zero-order chi connectivity index (χ0) is 61.0. The highest BCUT2D eigenvalue weighted by Crippen LogP contribution is 2.12. The van der Waals surface area contributed by atoms with Crippen LogP contribution in [-0.2, 0) is 14.4 Å². The molecule has 81 heavy (non-hydrogen) atoms. The standard InChI is InChI=1S/C21H51N9O.C18H44N8O.C15H37N7O/c1-28(2)19-26-18-27-21(31)20(30(16-6-11-24)17-7-12-25)8-3-13-29(14-4-9-22)15-5-10-23;1-25(2)16-22-15-24-18(27)17(23-11-4-8-19)7-3-12-26(13-5-9-20)14-6-10-21;1-22(2)13-19-12-21-15(23)14(20-11-5-8-17)6-3-9-18-10-4-7-16/h20,26H,3-19,22-25H2,1-2H3,(H,27,31);17,22-23H,3-16,19-21H2,1-2H3,(H,24,27);14,18-20H,3-13,16-17H2,1-2H3,(H,21,23). The summed E-state index contributed by atoms with van der Waals surface area (Å²) < 4.78 is 0. The molecule has 0 aromatic rings. The van der Waals surface area contributed by atoms with Crippen molar-refractivity contribution in [3.8, 4) is 0 Å². The van der Waals surface area contributed by atoms with Gasteiger partial charge in [0.2, 0.25) is 17.7 Å². The second kappa shape index (κ2) is 63.6. The van der Waals surface area contributed by atoms with Gasteiger partial charge in [-0.15, -0.1) is 0 Å². The largest absolute Gasteiger partial charge is 0.342 e. The lowest BCUT2D eigenvalue weighted by Gasteiger charge is -2.32. The molecule has 0 rings (SSSR count). The number of carbonyl (C=O) groups excluding carboxylic acids is 3. The molecule has 0 aromatic heterocycles. The lowest BCUT2D eigenvalue weighted by molar-refractivity contribution is -0.127. The molecule has 0 aliphatic carbocycles. The van der Waals surface area contributed by atoms with Gasteiger partial charge in [0.1, 0.15) is 0 Å². The van der Waals surface area contributed by atoms with Crippen molar-refractivity contribution < 1.29 is 14.4 Å². The van der Waals surface area contributed by atoms with Gasteiger partial charge in [-0.25, -0.2) is 0 Å². The molecule has 27 nitrogen and oxygen atoms in total. The van der Waals surface area contributed by atoms with Crippen LogP contribution in [0.2, 0.25) is 0 Å². The first kappa shape index (κ1) is 82.8. The molecular weight excluding hydrogens is 1030 g/mol. The van der Waals surface area contributed by atoms with Crippen LogP contribution in [0.1, 0.15) is 96.3 Å². The van der Waals surface area contributed by atoms with Crippen LogP contribution in [0.3, 0.4) is 0 Å². The van der Waals surface area contributed by atoms with Crippen LogP contribution < -0.4 is 99.5 Å². The summed E-state index contributed by atoms with van der Waals surface area (Å²) in [5.74, 6) is 0.139. The Balaban J connectivity index is -0.00000114. The van der Waals surface area contributed by atoms with Crippen LogP contribution in [0.25, 0.3) is 0 Å². The van der Waals surface area contributed by atoms with Crippen molar-refractivity contribution in [2.45, 2.75) is 114 Å². The molecule has 0 spiro atoms. The first-order chi connectivity index (χ1) is 39.2. The molecule has 0 aromatic carbocycles. The molecule has 3 atom stereocenters. The molecule has 27 heteroatoms. The first-order valence-electron chi connectivity index (χ1n) is 30.7. The molecule has 27 N–H and O–H groups in total. The van der Waals surface area contributed by atoms with Crippen LogP contribution in [-0.4, -0.2) is 285 Å². The molecule has 0 fully saturated rings. The number of amides is 3. The van der Waals surface area contributed by atoms with E-state index in [1.54, 1.807) is 0 Å². The van der Waals surface area contributed by atoms with E-state index < -0.39 is 0 Å². The van der Waals surface area contributed by atoms with E-state index in [9.17, 15) is 14.4 Å². The highest BCUT2D eigenvalue weighted by molar-refractivity contribution is 5.82. The van der Waals surface area contributed by atoms with Gasteiger partial charge in [-0.05, 0) is 263 Å². The zero-order valence-electron chi connectivity index (χ0n) is 52.5. The number of carbonyl (C=O) groups is 3. The van der Waals surface area contributed by atoms with Gasteiger partial charge >= 0.3 is 0 Å². The number of nitrogens with zero attached hydrogens (tertiary/aromatic N) is 6. The Morgan fingerprint density at radius 1 is 0.333 bits per heavy atom. The summed E-state index contributed by atoms with van der Waals surface area (Å²) in [6, 6.07) is -0.535. The van der Waals surface area contributed by atoms with E-state index >= 15 is 0 Å². The summed E-state index contributed by atoms with van der Waals surface area (Å²) in [4.78, 5) is 50.9. The molecule has 3 amide bonds. The lowest BCUT2D eigenvalue weighted by Crippen LogP contribution is -2.50. The van der Waals surface area contributed by atoms with Crippen molar-refractivity contribution >= 4 is 17.7 Å². The molecule has 0 aliphatic heterocycles. The van der Waals surface area contributed by atoms with Gasteiger partial charge < -0.3 is 93.3 Å². The number of rotatable bonds is 57. The van der Waals surface area contributed by atoms with E-state index in [0.29, 0.717) is 85.6 Å². The Morgan fingerprint density at radius 2 is 0.630 bits per heavy atom. The van der Waals surface area contributed by atoms with Gasteiger partial charge in [-0.1, -0.05) is 0 Å². The quantitative estimate of drug-likeness (QED) is 0.0200. The van der Waals surface area contributed by atoms with Crippen LogP contribution in [0.5, 0.6) is 0 Å². The van der Waals surface area contributed by atoms with Gasteiger partial charge in [-0.3, -0.25) is 49.9 Å². The molecule has 0 heterocycles. The topological polar surface area (TPSA) is 413 Å². The van der Waals surface area contributed by atoms with Crippen molar-refractivity contribution in [2.24, 2.45) is 51.6 Å². The Hall–Kier alpha value is -2.43. The number of nitrogens with one attached hydrogen (secondary N) is 9. The zero-order valence-corrected chi connectivity index (χ0v) is 52.5. The molecular formula is C54H132N24O3. The van der Waals surface area contributed by atoms with Gasteiger partial charge in [-0.2, -0.15) is 0 Å². The highest BCUT2D eigenvalue weighted by Gasteiger charge is 2.25. The van der Waals surface area contributed by atoms with Crippen LogP contribution >= 0.6 is 0 Å². The molecule has 0 bridgehead atoms. The number of nitrogens with two attached hydrogens (primary N) is 9. The van der Waals surface area contributed by atoms with E-state index in [1.165, 1.54) is 0 Å². The maximum atomic E-state index is 13.1. The number of hydrogen-bond acceptors (Lipinski definition) is 24. The number of hydrogen-bond donors (Lipinski definition) is 18. The van der Waals surface area contributed by atoms with Crippen LogP contribution in [0, 0.1) is 0 Å². The average molecular weight is 1170 g/mol. The second-order valence-corrected chi connectivity index (χ2v) is 21.3. The summed E-state index contributed by atoms with van der Waals surface area (Å²) in [6.45, 7) is 20.3. The lowest BCUT2D eigenvalue weighted by atomic mass is 10.1. The third-order valence-corrected chi connectivity index (χ3v) is 12.7. The maximum Gasteiger partial charge on any atom is 0.238 e. The van der Waals surface area contributed by atoms with Gasteiger partial charge in [0, 0.05) is 33.1 Å². The summed E-state index contributed by atoms with van der Waals surface area (Å²) in [7, 11) is 11.9. The van der Waals surface area contributed by atoms with E-state index in [2.05, 4.69) is 62.6 Å². The van der Waals surface area contributed by atoms with Crippen LogP contribution in [0.4, 0.5) is 0 Å². The smallest absolute Gasteiger partial charge is 0.238 e. The minimum absolute atomic E-state index is 0.0359. The summed E-state index contributed by atoms with van der Waals surface area (Å²) in [5.41, 5.74) is 50.7. The fourth-order valence-corrected chi connectivity index (χ4v) is 8.29. The fourth-order valence-electron chi connectivity index (χ4n) is 8.29. The molecule has 0 saturated carbocycles. The Labute approximate surface area is 493 Å². The monoisotopic (exact) mass is 1170 g/mol. The minimum atomic E-state index is -0.191.